The van der Waals surface area contributed by atoms with E-state index in [1.807, 2.05) is 31.1 Å². The van der Waals surface area contributed by atoms with Crippen LogP contribution in [0.3, 0.4) is 0 Å². The van der Waals surface area contributed by atoms with E-state index in [4.69, 9.17) is 0 Å². The Hall–Kier alpha value is -1.46. The van der Waals surface area contributed by atoms with Crippen molar-refractivity contribution in [2.24, 2.45) is 11.8 Å². The summed E-state index contributed by atoms with van der Waals surface area (Å²) in [5, 5.41) is 0. The van der Waals surface area contributed by atoms with Gasteiger partial charge in [-0.15, -0.1) is 0 Å². The van der Waals surface area contributed by atoms with E-state index in [2.05, 4.69) is 28.0 Å². The van der Waals surface area contributed by atoms with Crippen molar-refractivity contribution in [3.8, 4) is 0 Å². The molecule has 2 aliphatic heterocycles. The van der Waals surface area contributed by atoms with Gasteiger partial charge in [-0.2, -0.15) is 0 Å². The van der Waals surface area contributed by atoms with E-state index in [1.54, 1.807) is 0 Å². The van der Waals surface area contributed by atoms with E-state index in [0.717, 1.165) is 32.5 Å². The highest BCUT2D eigenvalue weighted by Gasteiger charge is 2.36. The number of piperidine rings is 1. The molecule has 1 amide bonds. The number of carbonyl (C=O) groups excluding carboxylic acids is 1. The summed E-state index contributed by atoms with van der Waals surface area (Å²) in [6.45, 7) is 6.71. The van der Waals surface area contributed by atoms with Gasteiger partial charge in [-0.3, -0.25) is 20.6 Å². The van der Waals surface area contributed by atoms with Crippen molar-refractivity contribution in [3.05, 3.63) is 30.1 Å². The van der Waals surface area contributed by atoms with E-state index in [0.29, 0.717) is 23.8 Å². The number of rotatable bonds is 3. The number of hydrogen-bond donors (Lipinski definition) is 2. The highest BCUT2D eigenvalue weighted by molar-refractivity contribution is 5.78. The molecule has 0 aliphatic carbocycles. The molecule has 2 aliphatic rings. The molecule has 120 valence electrons. The molecule has 2 N–H and O–H groups in total. The molecule has 1 aromatic heterocycles. The summed E-state index contributed by atoms with van der Waals surface area (Å²) < 4.78 is 0. The van der Waals surface area contributed by atoms with Crippen LogP contribution in [0, 0.1) is 11.8 Å². The van der Waals surface area contributed by atoms with Crippen molar-refractivity contribution in [1.82, 2.24) is 20.7 Å². The summed E-state index contributed by atoms with van der Waals surface area (Å²) in [6, 6.07) is 4.67. The Morgan fingerprint density at radius 1 is 1.27 bits per heavy atom. The van der Waals surface area contributed by atoms with Crippen LogP contribution in [0.25, 0.3) is 0 Å². The molecule has 0 bridgehead atoms. The van der Waals surface area contributed by atoms with Crippen LogP contribution in [-0.4, -0.2) is 41.5 Å². The van der Waals surface area contributed by atoms with E-state index < -0.39 is 0 Å². The van der Waals surface area contributed by atoms with Crippen LogP contribution < -0.4 is 10.9 Å². The van der Waals surface area contributed by atoms with Crippen LogP contribution in [0.15, 0.2) is 24.5 Å². The fourth-order valence-corrected chi connectivity index (χ4v) is 3.74. The van der Waals surface area contributed by atoms with Gasteiger partial charge in [0.1, 0.15) is 0 Å². The lowest BCUT2D eigenvalue weighted by Gasteiger charge is -2.37. The zero-order chi connectivity index (χ0) is 15.5. The van der Waals surface area contributed by atoms with Crippen molar-refractivity contribution in [1.29, 1.82) is 0 Å². The molecular formula is C17H26N4O. The summed E-state index contributed by atoms with van der Waals surface area (Å²) in [5.41, 5.74) is 8.13. The number of nitrogens with zero attached hydrogens (tertiary/aromatic N) is 2. The average molecular weight is 302 g/mol. The molecule has 3 rings (SSSR count). The van der Waals surface area contributed by atoms with E-state index >= 15 is 0 Å². The summed E-state index contributed by atoms with van der Waals surface area (Å²) in [5.74, 6) is 1.50. The first-order valence-electron chi connectivity index (χ1n) is 8.34. The number of likely N-dealkylation sites (tertiary alicyclic amines) is 1. The largest absolute Gasteiger partial charge is 0.342 e. The second-order valence-corrected chi connectivity index (χ2v) is 6.76. The molecule has 1 aromatic rings. The van der Waals surface area contributed by atoms with Crippen LogP contribution in [0.2, 0.25) is 0 Å². The van der Waals surface area contributed by atoms with Gasteiger partial charge >= 0.3 is 0 Å². The van der Waals surface area contributed by atoms with Crippen LogP contribution >= 0.6 is 0 Å². The lowest BCUT2D eigenvalue weighted by Crippen LogP contribution is -2.46. The molecular weight excluding hydrogens is 276 g/mol. The van der Waals surface area contributed by atoms with Gasteiger partial charge in [0, 0.05) is 49.9 Å². The molecule has 5 nitrogen and oxygen atoms in total. The topological polar surface area (TPSA) is 57.3 Å². The standard InChI is InChI=1S/C17H26N4O/c1-12(2)17(22)21-9-5-14(6-10-21)16-15(11-19-20-16)13-3-7-18-8-4-13/h3-4,7-8,12,14-16,19-20H,5-6,9-11H2,1-2H3. The van der Waals surface area contributed by atoms with Gasteiger partial charge in [0.2, 0.25) is 5.91 Å². The van der Waals surface area contributed by atoms with Gasteiger partial charge < -0.3 is 4.90 Å². The maximum Gasteiger partial charge on any atom is 0.225 e. The Balaban J connectivity index is 1.62. The van der Waals surface area contributed by atoms with Crippen LogP contribution in [0.4, 0.5) is 0 Å². The average Bonchev–Trinajstić information content (AvgIpc) is 3.04. The van der Waals surface area contributed by atoms with Gasteiger partial charge in [-0.1, -0.05) is 13.8 Å². The summed E-state index contributed by atoms with van der Waals surface area (Å²) >= 11 is 0. The highest BCUT2D eigenvalue weighted by Crippen LogP contribution is 2.32. The number of hydrazine groups is 1. The van der Waals surface area contributed by atoms with Gasteiger partial charge in [0.25, 0.3) is 0 Å². The van der Waals surface area contributed by atoms with Gasteiger partial charge in [-0.05, 0) is 36.5 Å². The molecule has 0 spiro atoms. The van der Waals surface area contributed by atoms with Gasteiger partial charge in [0.15, 0.2) is 0 Å². The fourth-order valence-electron chi connectivity index (χ4n) is 3.74. The van der Waals surface area contributed by atoms with E-state index in [-0.39, 0.29) is 5.92 Å². The molecule has 2 atom stereocenters. The Kier molecular flexibility index (Phi) is 4.74. The number of pyridine rings is 1. The normalized spacial score (nSPS) is 26.6. The first-order chi connectivity index (χ1) is 10.7. The van der Waals surface area contributed by atoms with Gasteiger partial charge in [0.05, 0.1) is 0 Å². The number of amides is 1. The maximum atomic E-state index is 12.1. The summed E-state index contributed by atoms with van der Waals surface area (Å²) in [7, 11) is 0. The summed E-state index contributed by atoms with van der Waals surface area (Å²) in [6.07, 6.45) is 5.90. The molecule has 22 heavy (non-hydrogen) atoms. The monoisotopic (exact) mass is 302 g/mol. The molecule has 2 unspecified atom stereocenters. The lowest BCUT2D eigenvalue weighted by molar-refractivity contribution is -0.136. The minimum atomic E-state index is 0.104. The van der Waals surface area contributed by atoms with Gasteiger partial charge in [-0.25, -0.2) is 0 Å². The molecule has 0 radical (unpaired) electrons. The molecule has 5 heteroatoms. The Morgan fingerprint density at radius 3 is 2.59 bits per heavy atom. The minimum Gasteiger partial charge on any atom is -0.342 e. The first-order valence-corrected chi connectivity index (χ1v) is 8.34. The summed E-state index contributed by atoms with van der Waals surface area (Å²) in [4.78, 5) is 18.3. The molecule has 2 saturated heterocycles. The SMILES string of the molecule is CC(C)C(=O)N1CCC(C2NNCC2c2ccncc2)CC1. The minimum absolute atomic E-state index is 0.104. The molecule has 0 aromatic carbocycles. The third-order valence-electron chi connectivity index (χ3n) is 5.01. The van der Waals surface area contributed by atoms with Crippen molar-refractivity contribution in [2.45, 2.75) is 38.6 Å². The van der Waals surface area contributed by atoms with Crippen molar-refractivity contribution < 1.29 is 4.79 Å². The van der Waals surface area contributed by atoms with Crippen LogP contribution in [0.5, 0.6) is 0 Å². The zero-order valence-electron chi connectivity index (χ0n) is 13.5. The lowest BCUT2D eigenvalue weighted by atomic mass is 9.80. The second kappa shape index (κ2) is 6.75. The molecule has 0 saturated carbocycles. The van der Waals surface area contributed by atoms with Crippen molar-refractivity contribution in [2.75, 3.05) is 19.6 Å². The smallest absolute Gasteiger partial charge is 0.225 e. The molecule has 3 heterocycles. The van der Waals surface area contributed by atoms with Crippen LogP contribution in [0.1, 0.15) is 38.2 Å². The molecule has 2 fully saturated rings. The number of carbonyl (C=O) groups is 1. The first kappa shape index (κ1) is 15.4. The van der Waals surface area contributed by atoms with Crippen molar-refractivity contribution in [3.63, 3.8) is 0 Å². The zero-order valence-corrected chi connectivity index (χ0v) is 13.5. The van der Waals surface area contributed by atoms with Crippen molar-refractivity contribution >= 4 is 5.91 Å². The Bertz CT molecular complexity index is 497. The quantitative estimate of drug-likeness (QED) is 0.889. The number of aromatic nitrogens is 1. The fraction of sp³-hybridized carbons (Fsp3) is 0.647. The Labute approximate surface area is 132 Å². The van der Waals surface area contributed by atoms with Crippen LogP contribution in [-0.2, 0) is 4.79 Å². The van der Waals surface area contributed by atoms with E-state index in [1.165, 1.54) is 5.56 Å². The third kappa shape index (κ3) is 3.15. The van der Waals surface area contributed by atoms with E-state index in [9.17, 15) is 4.79 Å². The second-order valence-electron chi connectivity index (χ2n) is 6.76. The third-order valence-corrected chi connectivity index (χ3v) is 5.01. The maximum absolute atomic E-state index is 12.1. The Morgan fingerprint density at radius 2 is 1.95 bits per heavy atom. The number of hydrogen-bond acceptors (Lipinski definition) is 4. The number of nitrogens with one attached hydrogen (secondary N) is 2. The highest BCUT2D eigenvalue weighted by atomic mass is 16.2. The predicted octanol–water partition coefficient (Wildman–Crippen LogP) is 1.54. The predicted molar refractivity (Wildman–Crippen MR) is 86.0 cm³/mol.